The summed E-state index contributed by atoms with van der Waals surface area (Å²) in [6.45, 7) is 0. The molecule has 108 valence electrons. The smallest absolute Gasteiger partial charge is 0.261 e. The monoisotopic (exact) mass is 341 g/mol. The van der Waals surface area contributed by atoms with Crippen molar-refractivity contribution in [2.45, 2.75) is 44.1 Å². The van der Waals surface area contributed by atoms with Gasteiger partial charge in [-0.05, 0) is 34.8 Å². The van der Waals surface area contributed by atoms with Gasteiger partial charge in [-0.2, -0.15) is 0 Å². The molecule has 1 fully saturated rings. The number of hydrogen-bond acceptors (Lipinski definition) is 2. The Bertz CT molecular complexity index is 555. The molecule has 1 heterocycles. The fourth-order valence-corrected chi connectivity index (χ4v) is 3.75. The van der Waals surface area contributed by atoms with Gasteiger partial charge in [0.15, 0.2) is 11.4 Å². The average molecular weight is 342 g/mol. The second-order valence-corrected chi connectivity index (χ2v) is 6.55. The Labute approximate surface area is 125 Å². The van der Waals surface area contributed by atoms with Crippen molar-refractivity contribution >= 4 is 27.5 Å². The molecule has 5 heteroatoms. The van der Waals surface area contributed by atoms with Gasteiger partial charge in [0.05, 0.1) is 10.2 Å². The van der Waals surface area contributed by atoms with Crippen LogP contribution in [0.4, 0.5) is 10.1 Å². The van der Waals surface area contributed by atoms with Crippen LogP contribution in [0.25, 0.3) is 0 Å². The fraction of sp³-hybridized carbons (Fsp3) is 0.533. The molecule has 1 atom stereocenters. The van der Waals surface area contributed by atoms with E-state index in [9.17, 15) is 14.3 Å². The first kappa shape index (κ1) is 14.0. The topological polar surface area (TPSA) is 49.3 Å². The van der Waals surface area contributed by atoms with Crippen molar-refractivity contribution in [3.63, 3.8) is 0 Å². The number of hydrogen-bond donors (Lipinski definition) is 2. The number of aliphatic hydroxyl groups is 1. The van der Waals surface area contributed by atoms with Gasteiger partial charge in [-0.3, -0.25) is 4.79 Å². The lowest BCUT2D eigenvalue weighted by atomic mass is 9.78. The van der Waals surface area contributed by atoms with Crippen LogP contribution >= 0.6 is 15.9 Å². The van der Waals surface area contributed by atoms with Gasteiger partial charge in [-0.25, -0.2) is 4.39 Å². The lowest BCUT2D eigenvalue weighted by Gasteiger charge is -2.30. The molecule has 0 aromatic heterocycles. The Morgan fingerprint density at radius 3 is 2.55 bits per heavy atom. The summed E-state index contributed by atoms with van der Waals surface area (Å²) in [5.74, 6) is -1.14. The predicted octanol–water partition coefficient (Wildman–Crippen LogP) is 3.70. The number of rotatable bonds is 1. The van der Waals surface area contributed by atoms with Crippen LogP contribution in [0, 0.1) is 11.7 Å². The molecule has 2 aliphatic rings. The van der Waals surface area contributed by atoms with E-state index >= 15 is 0 Å². The van der Waals surface area contributed by atoms with Gasteiger partial charge in [-0.15, -0.1) is 0 Å². The van der Waals surface area contributed by atoms with E-state index < -0.39 is 17.3 Å². The van der Waals surface area contributed by atoms with Gasteiger partial charge in [0, 0.05) is 11.5 Å². The zero-order valence-corrected chi connectivity index (χ0v) is 12.7. The highest BCUT2D eigenvalue weighted by Crippen LogP contribution is 2.47. The van der Waals surface area contributed by atoms with Gasteiger partial charge in [-0.1, -0.05) is 31.7 Å². The van der Waals surface area contributed by atoms with E-state index in [1.165, 1.54) is 0 Å². The highest BCUT2D eigenvalue weighted by atomic mass is 79.9. The third-order valence-corrected chi connectivity index (χ3v) is 5.15. The van der Waals surface area contributed by atoms with Gasteiger partial charge in [0.25, 0.3) is 5.91 Å². The van der Waals surface area contributed by atoms with Crippen molar-refractivity contribution < 1.29 is 14.3 Å². The van der Waals surface area contributed by atoms with Crippen LogP contribution in [-0.2, 0) is 10.4 Å². The van der Waals surface area contributed by atoms with Gasteiger partial charge < -0.3 is 10.4 Å². The van der Waals surface area contributed by atoms with Crippen LogP contribution in [0.5, 0.6) is 0 Å². The number of halogens is 2. The molecular formula is C15H17BrFNO2. The van der Waals surface area contributed by atoms with Crippen molar-refractivity contribution in [1.82, 2.24) is 0 Å². The molecule has 20 heavy (non-hydrogen) atoms. The molecule has 0 spiro atoms. The lowest BCUT2D eigenvalue weighted by molar-refractivity contribution is -0.140. The molecular weight excluding hydrogens is 325 g/mol. The zero-order valence-electron chi connectivity index (χ0n) is 11.1. The minimum absolute atomic E-state index is 0.121. The Kier molecular flexibility index (Phi) is 3.58. The first-order valence-corrected chi connectivity index (χ1v) is 7.86. The Balaban J connectivity index is 2.06. The molecule has 2 N–H and O–H groups in total. The van der Waals surface area contributed by atoms with Crippen molar-refractivity contribution in [3.8, 4) is 0 Å². The molecule has 1 aromatic rings. The van der Waals surface area contributed by atoms with Crippen molar-refractivity contribution in [3.05, 3.63) is 28.0 Å². The summed E-state index contributed by atoms with van der Waals surface area (Å²) < 4.78 is 14.4. The maximum Gasteiger partial charge on any atom is 0.261 e. The molecule has 1 aliphatic carbocycles. The summed E-state index contributed by atoms with van der Waals surface area (Å²) in [5.41, 5.74) is -1.08. The normalized spacial score (nSPS) is 27.1. The number of anilines is 1. The molecule has 3 rings (SSSR count). The second kappa shape index (κ2) is 5.11. The molecule has 0 radical (unpaired) electrons. The highest BCUT2D eigenvalue weighted by Gasteiger charge is 2.51. The molecule has 1 unspecified atom stereocenters. The third kappa shape index (κ3) is 1.99. The number of benzene rings is 1. The Morgan fingerprint density at radius 1 is 1.25 bits per heavy atom. The summed E-state index contributed by atoms with van der Waals surface area (Å²) in [6, 6.07) is 3.20. The summed E-state index contributed by atoms with van der Waals surface area (Å²) in [7, 11) is 0. The van der Waals surface area contributed by atoms with Crippen LogP contribution in [0.1, 0.15) is 44.1 Å². The van der Waals surface area contributed by atoms with E-state index in [0.29, 0.717) is 10.0 Å². The van der Waals surface area contributed by atoms with Crippen molar-refractivity contribution in [1.29, 1.82) is 0 Å². The van der Waals surface area contributed by atoms with Crippen molar-refractivity contribution in [2.24, 2.45) is 5.92 Å². The number of amides is 1. The Hall–Kier alpha value is -0.940. The summed E-state index contributed by atoms with van der Waals surface area (Å²) in [5, 5.41) is 13.5. The van der Waals surface area contributed by atoms with E-state index in [1.807, 2.05) is 0 Å². The largest absolute Gasteiger partial charge is 0.375 e. The number of carbonyl (C=O) groups excluding carboxylic acids is 1. The lowest BCUT2D eigenvalue weighted by Crippen LogP contribution is -2.41. The van der Waals surface area contributed by atoms with Gasteiger partial charge in [0.2, 0.25) is 0 Å². The number of fused-ring (bicyclic) bond motifs is 1. The number of nitrogens with one attached hydrogen (secondary N) is 1. The van der Waals surface area contributed by atoms with Gasteiger partial charge >= 0.3 is 0 Å². The molecule has 1 aliphatic heterocycles. The number of carbonyl (C=O) groups is 1. The van der Waals surface area contributed by atoms with Crippen LogP contribution in [0.3, 0.4) is 0 Å². The molecule has 0 bridgehead atoms. The van der Waals surface area contributed by atoms with E-state index in [4.69, 9.17) is 0 Å². The first-order valence-electron chi connectivity index (χ1n) is 7.07. The van der Waals surface area contributed by atoms with Crippen LogP contribution in [0.15, 0.2) is 16.6 Å². The highest BCUT2D eigenvalue weighted by molar-refractivity contribution is 9.10. The third-order valence-electron chi connectivity index (χ3n) is 4.54. The SMILES string of the molecule is O=C1Nc2c(ccc(Br)c2F)C1(O)C1CCCCCC1. The molecule has 1 aromatic carbocycles. The first-order chi connectivity index (χ1) is 9.55. The van der Waals surface area contributed by atoms with Crippen LogP contribution in [0.2, 0.25) is 0 Å². The van der Waals surface area contributed by atoms with E-state index in [2.05, 4.69) is 21.2 Å². The summed E-state index contributed by atoms with van der Waals surface area (Å²) in [6.07, 6.45) is 5.90. The summed E-state index contributed by atoms with van der Waals surface area (Å²) in [4.78, 5) is 12.3. The fourth-order valence-electron chi connectivity index (χ4n) is 3.42. The molecule has 3 nitrogen and oxygen atoms in total. The minimum Gasteiger partial charge on any atom is -0.375 e. The standard InChI is InChI=1S/C15H17BrFNO2/c16-11-8-7-10-13(12(11)17)18-14(19)15(10,20)9-5-3-1-2-4-6-9/h7-9,20H,1-6H2,(H,18,19). The average Bonchev–Trinajstić information content (AvgIpc) is 2.65. The quantitative estimate of drug-likeness (QED) is 0.765. The molecule has 0 saturated heterocycles. The Morgan fingerprint density at radius 2 is 1.90 bits per heavy atom. The molecule has 1 amide bonds. The van der Waals surface area contributed by atoms with E-state index in [1.54, 1.807) is 12.1 Å². The maximum absolute atomic E-state index is 14.1. The minimum atomic E-state index is -1.58. The summed E-state index contributed by atoms with van der Waals surface area (Å²) >= 11 is 3.11. The van der Waals surface area contributed by atoms with E-state index in [-0.39, 0.29) is 11.6 Å². The van der Waals surface area contributed by atoms with E-state index in [0.717, 1.165) is 38.5 Å². The molecule has 1 saturated carbocycles. The maximum atomic E-state index is 14.1. The van der Waals surface area contributed by atoms with Gasteiger partial charge in [0.1, 0.15) is 0 Å². The van der Waals surface area contributed by atoms with Crippen LogP contribution in [-0.4, -0.2) is 11.0 Å². The van der Waals surface area contributed by atoms with Crippen molar-refractivity contribution in [2.75, 3.05) is 5.32 Å². The predicted molar refractivity (Wildman–Crippen MR) is 77.8 cm³/mol. The zero-order chi connectivity index (χ0) is 14.3. The second-order valence-electron chi connectivity index (χ2n) is 5.69. The van der Waals surface area contributed by atoms with Crippen LogP contribution < -0.4 is 5.32 Å².